The molecule has 0 atom stereocenters. The number of hydrogen-bond acceptors (Lipinski definition) is 2. The van der Waals surface area contributed by atoms with E-state index in [1.165, 1.54) is 11.6 Å². The van der Waals surface area contributed by atoms with Crippen molar-refractivity contribution in [1.29, 1.82) is 0 Å². The summed E-state index contributed by atoms with van der Waals surface area (Å²) in [6.45, 7) is 1.57. The van der Waals surface area contributed by atoms with Crippen LogP contribution in [0.1, 0.15) is 11.1 Å². The van der Waals surface area contributed by atoms with E-state index in [1.54, 1.807) is 17.0 Å². The Balaban J connectivity index is 1.98. The summed E-state index contributed by atoms with van der Waals surface area (Å²) in [4.78, 5) is 14.2. The standard InChI is InChI=1S/C18H20BrFN2O/c19-16-12-15(6-7-17(16)20)13-18(23)22(11-9-21)10-8-14-4-2-1-3-5-14/h1-7,12H,8-11,13,21H2. The first-order chi connectivity index (χ1) is 11.1. The zero-order chi connectivity index (χ0) is 16.7. The lowest BCUT2D eigenvalue weighted by Crippen LogP contribution is -2.37. The molecule has 3 nitrogen and oxygen atoms in total. The van der Waals surface area contributed by atoms with E-state index in [1.807, 2.05) is 30.3 Å². The Morgan fingerprint density at radius 2 is 1.83 bits per heavy atom. The smallest absolute Gasteiger partial charge is 0.227 e. The second kappa shape index (κ2) is 8.79. The number of carbonyl (C=O) groups is 1. The highest BCUT2D eigenvalue weighted by molar-refractivity contribution is 9.10. The minimum atomic E-state index is -0.330. The number of hydrogen-bond donors (Lipinski definition) is 1. The highest BCUT2D eigenvalue weighted by Crippen LogP contribution is 2.17. The molecule has 0 unspecified atom stereocenters. The Hall–Kier alpha value is -1.72. The third-order valence-electron chi connectivity index (χ3n) is 3.60. The number of benzene rings is 2. The highest BCUT2D eigenvalue weighted by Gasteiger charge is 2.14. The number of nitrogens with zero attached hydrogens (tertiary/aromatic N) is 1. The largest absolute Gasteiger partial charge is 0.341 e. The van der Waals surface area contributed by atoms with E-state index in [-0.39, 0.29) is 18.1 Å². The fourth-order valence-electron chi connectivity index (χ4n) is 2.36. The van der Waals surface area contributed by atoms with Gasteiger partial charge in [-0.05, 0) is 45.6 Å². The summed E-state index contributed by atoms with van der Waals surface area (Å²) < 4.78 is 13.6. The van der Waals surface area contributed by atoms with Gasteiger partial charge in [-0.15, -0.1) is 0 Å². The number of carbonyl (C=O) groups excluding carboxylic acids is 1. The Bertz CT molecular complexity index is 649. The molecule has 0 aliphatic rings. The molecule has 2 aromatic rings. The Morgan fingerprint density at radius 1 is 1.09 bits per heavy atom. The van der Waals surface area contributed by atoms with Gasteiger partial charge in [-0.3, -0.25) is 4.79 Å². The molecule has 2 rings (SSSR count). The van der Waals surface area contributed by atoms with Crippen molar-refractivity contribution in [3.8, 4) is 0 Å². The van der Waals surface area contributed by atoms with Crippen LogP contribution in [0.25, 0.3) is 0 Å². The normalized spacial score (nSPS) is 10.6. The van der Waals surface area contributed by atoms with Gasteiger partial charge in [0.1, 0.15) is 5.82 Å². The molecule has 2 N–H and O–H groups in total. The Labute approximate surface area is 144 Å². The zero-order valence-electron chi connectivity index (χ0n) is 12.8. The van der Waals surface area contributed by atoms with Crippen LogP contribution in [0, 0.1) is 5.82 Å². The maximum absolute atomic E-state index is 13.3. The monoisotopic (exact) mass is 378 g/mol. The summed E-state index contributed by atoms with van der Waals surface area (Å²) in [5.74, 6) is -0.325. The lowest BCUT2D eigenvalue weighted by atomic mass is 10.1. The Kier molecular flexibility index (Phi) is 6.74. The molecule has 0 aromatic heterocycles. The summed E-state index contributed by atoms with van der Waals surface area (Å²) in [6.07, 6.45) is 1.04. The minimum absolute atomic E-state index is 0.00453. The van der Waals surface area contributed by atoms with Gasteiger partial charge in [0, 0.05) is 19.6 Å². The second-order valence-electron chi connectivity index (χ2n) is 5.33. The molecule has 1 amide bonds. The van der Waals surface area contributed by atoms with Crippen LogP contribution in [0.15, 0.2) is 53.0 Å². The fraction of sp³-hybridized carbons (Fsp3) is 0.278. The maximum Gasteiger partial charge on any atom is 0.227 e. The van der Waals surface area contributed by atoms with E-state index in [4.69, 9.17) is 5.73 Å². The van der Waals surface area contributed by atoms with Gasteiger partial charge < -0.3 is 10.6 Å². The van der Waals surface area contributed by atoms with Gasteiger partial charge in [-0.1, -0.05) is 36.4 Å². The molecule has 0 aliphatic heterocycles. The zero-order valence-corrected chi connectivity index (χ0v) is 14.4. The number of amides is 1. The fourth-order valence-corrected chi connectivity index (χ4v) is 2.79. The molecule has 5 heteroatoms. The summed E-state index contributed by atoms with van der Waals surface area (Å²) in [5, 5.41) is 0. The first-order valence-electron chi connectivity index (χ1n) is 7.56. The van der Waals surface area contributed by atoms with Crippen molar-refractivity contribution in [3.05, 3.63) is 69.9 Å². The van der Waals surface area contributed by atoms with Gasteiger partial charge >= 0.3 is 0 Å². The van der Waals surface area contributed by atoms with Gasteiger partial charge in [-0.25, -0.2) is 4.39 Å². The summed E-state index contributed by atoms with van der Waals surface area (Å²) >= 11 is 3.15. The average molecular weight is 379 g/mol. The van der Waals surface area contributed by atoms with Gasteiger partial charge in [0.15, 0.2) is 0 Å². The van der Waals surface area contributed by atoms with Crippen molar-refractivity contribution in [2.24, 2.45) is 5.73 Å². The van der Waals surface area contributed by atoms with Crippen molar-refractivity contribution in [1.82, 2.24) is 4.90 Å². The summed E-state index contributed by atoms with van der Waals surface area (Å²) in [7, 11) is 0. The second-order valence-corrected chi connectivity index (χ2v) is 6.18. The van der Waals surface area contributed by atoms with Crippen LogP contribution in [-0.2, 0) is 17.6 Å². The van der Waals surface area contributed by atoms with Crippen LogP contribution in [0.5, 0.6) is 0 Å². The summed E-state index contributed by atoms with van der Waals surface area (Å²) in [5.41, 5.74) is 7.59. The molecule has 0 spiro atoms. The van der Waals surface area contributed by atoms with Crippen LogP contribution in [0.2, 0.25) is 0 Å². The third-order valence-corrected chi connectivity index (χ3v) is 4.21. The topological polar surface area (TPSA) is 46.3 Å². The first kappa shape index (κ1) is 17.6. The molecule has 0 bridgehead atoms. The molecule has 122 valence electrons. The number of rotatable bonds is 7. The van der Waals surface area contributed by atoms with Crippen LogP contribution in [-0.4, -0.2) is 30.4 Å². The molecule has 0 heterocycles. The lowest BCUT2D eigenvalue weighted by molar-refractivity contribution is -0.130. The Morgan fingerprint density at radius 3 is 2.48 bits per heavy atom. The van der Waals surface area contributed by atoms with E-state index in [0.29, 0.717) is 24.1 Å². The predicted molar refractivity (Wildman–Crippen MR) is 93.6 cm³/mol. The quantitative estimate of drug-likeness (QED) is 0.804. The SMILES string of the molecule is NCCN(CCc1ccccc1)C(=O)Cc1ccc(F)c(Br)c1. The van der Waals surface area contributed by atoms with Crippen molar-refractivity contribution in [2.45, 2.75) is 12.8 Å². The van der Waals surface area contributed by atoms with Crippen molar-refractivity contribution < 1.29 is 9.18 Å². The van der Waals surface area contributed by atoms with E-state index in [0.717, 1.165) is 12.0 Å². The van der Waals surface area contributed by atoms with Crippen LogP contribution in [0.3, 0.4) is 0 Å². The predicted octanol–water partition coefficient (Wildman–Crippen LogP) is 3.16. The van der Waals surface area contributed by atoms with Crippen LogP contribution < -0.4 is 5.73 Å². The van der Waals surface area contributed by atoms with Gasteiger partial charge in [0.2, 0.25) is 5.91 Å². The van der Waals surface area contributed by atoms with Gasteiger partial charge in [0.05, 0.1) is 10.9 Å². The van der Waals surface area contributed by atoms with Gasteiger partial charge in [0.25, 0.3) is 0 Å². The maximum atomic E-state index is 13.3. The van der Waals surface area contributed by atoms with E-state index >= 15 is 0 Å². The van der Waals surface area contributed by atoms with Gasteiger partial charge in [-0.2, -0.15) is 0 Å². The van der Waals surface area contributed by atoms with E-state index in [2.05, 4.69) is 15.9 Å². The average Bonchev–Trinajstić information content (AvgIpc) is 2.55. The lowest BCUT2D eigenvalue weighted by Gasteiger charge is -2.22. The molecule has 23 heavy (non-hydrogen) atoms. The molecule has 0 fully saturated rings. The molecule has 0 saturated carbocycles. The molecular weight excluding hydrogens is 359 g/mol. The van der Waals surface area contributed by atoms with Crippen LogP contribution in [0.4, 0.5) is 4.39 Å². The van der Waals surface area contributed by atoms with E-state index < -0.39 is 0 Å². The third kappa shape index (κ3) is 5.44. The number of halogens is 2. The van der Waals surface area contributed by atoms with Crippen molar-refractivity contribution in [3.63, 3.8) is 0 Å². The molecule has 0 saturated heterocycles. The van der Waals surface area contributed by atoms with Crippen molar-refractivity contribution >= 4 is 21.8 Å². The molecule has 0 aliphatic carbocycles. The van der Waals surface area contributed by atoms with Crippen molar-refractivity contribution in [2.75, 3.05) is 19.6 Å². The van der Waals surface area contributed by atoms with Crippen LogP contribution >= 0.6 is 15.9 Å². The first-order valence-corrected chi connectivity index (χ1v) is 8.35. The minimum Gasteiger partial charge on any atom is -0.341 e. The summed E-state index contributed by atoms with van der Waals surface area (Å²) in [6, 6.07) is 14.7. The molecule has 2 aromatic carbocycles. The highest BCUT2D eigenvalue weighted by atomic mass is 79.9. The molecule has 0 radical (unpaired) electrons. The van der Waals surface area contributed by atoms with E-state index in [9.17, 15) is 9.18 Å². The molecular formula is C18H20BrFN2O. The number of nitrogens with two attached hydrogens (primary N) is 1.